The van der Waals surface area contributed by atoms with Gasteiger partial charge in [-0.1, -0.05) is 6.42 Å². The molecule has 0 spiro atoms. The molecule has 0 atom stereocenters. The Morgan fingerprint density at radius 2 is 1.21 bits per heavy atom. The molecule has 10 nitrogen and oxygen atoms in total. The Morgan fingerprint density at radius 1 is 0.684 bits per heavy atom. The molecule has 2 aromatic rings. The van der Waals surface area contributed by atoms with Gasteiger partial charge in [0.25, 0.3) is 5.91 Å². The van der Waals surface area contributed by atoms with Crippen LogP contribution in [-0.4, -0.2) is 83.8 Å². The van der Waals surface area contributed by atoms with E-state index >= 15 is 0 Å². The predicted octanol–water partition coefficient (Wildman–Crippen LogP) is 2.73. The maximum atomic E-state index is 13.5. The lowest BCUT2D eigenvalue weighted by Gasteiger charge is -2.31. The molecule has 38 heavy (non-hydrogen) atoms. The number of amides is 1. The smallest absolute Gasteiger partial charge is 0.257 e. The summed E-state index contributed by atoms with van der Waals surface area (Å²) in [5, 5.41) is 2.83. The second-order valence-electron chi connectivity index (χ2n) is 9.83. The van der Waals surface area contributed by atoms with Gasteiger partial charge in [0.05, 0.1) is 28.6 Å². The monoisotopic (exact) mass is 562 g/mol. The molecule has 0 unspecified atom stereocenters. The zero-order valence-corrected chi connectivity index (χ0v) is 23.0. The summed E-state index contributed by atoms with van der Waals surface area (Å²) in [4.78, 5) is 15.8. The number of carbonyl (C=O) groups excluding carboxylic acids is 1. The summed E-state index contributed by atoms with van der Waals surface area (Å²) in [5.74, 6) is -0.461. The number of piperidine rings is 1. The van der Waals surface area contributed by atoms with Crippen molar-refractivity contribution in [2.24, 2.45) is 0 Å². The first-order valence-corrected chi connectivity index (χ1v) is 16.0. The molecule has 206 valence electrons. The van der Waals surface area contributed by atoms with E-state index in [1.54, 1.807) is 24.3 Å². The van der Waals surface area contributed by atoms with Gasteiger partial charge in [0.1, 0.15) is 0 Å². The molecule has 0 bridgehead atoms. The Bertz CT molecular complexity index is 1360. The number of hydrogen-bond acceptors (Lipinski definition) is 7. The molecule has 0 radical (unpaired) electrons. The van der Waals surface area contributed by atoms with Crippen molar-refractivity contribution in [1.29, 1.82) is 0 Å². The Balaban J connectivity index is 1.42. The van der Waals surface area contributed by atoms with Gasteiger partial charge in [-0.3, -0.25) is 4.79 Å². The van der Waals surface area contributed by atoms with Crippen LogP contribution in [0.2, 0.25) is 0 Å². The highest BCUT2D eigenvalue weighted by atomic mass is 32.2. The third-order valence-electron chi connectivity index (χ3n) is 7.33. The van der Waals surface area contributed by atoms with Crippen LogP contribution in [0.4, 0.5) is 11.4 Å². The van der Waals surface area contributed by atoms with Crippen LogP contribution in [-0.2, 0) is 24.8 Å². The standard InChI is InChI=1S/C26H34N4O6S2/c31-26(27-21-6-8-22(9-7-21)37(32,33)29-14-4-5-15-29)24-20-23(38(34,35)30-12-2-1-3-13-30)10-11-25(24)28-16-18-36-19-17-28/h6-11,20H,1-5,12-19H2,(H,27,31). The number of carbonyl (C=O) groups is 1. The number of anilines is 2. The first-order valence-electron chi connectivity index (χ1n) is 13.2. The van der Waals surface area contributed by atoms with E-state index in [0.717, 1.165) is 32.1 Å². The third kappa shape index (κ3) is 5.59. The molecule has 3 saturated heterocycles. The molecule has 12 heteroatoms. The van der Waals surface area contributed by atoms with Gasteiger partial charge in [-0.05, 0) is 68.1 Å². The molecule has 2 aromatic carbocycles. The van der Waals surface area contributed by atoms with Crippen LogP contribution in [0, 0.1) is 0 Å². The molecule has 3 fully saturated rings. The average molecular weight is 563 g/mol. The summed E-state index contributed by atoms with van der Waals surface area (Å²) in [6, 6.07) is 10.8. The quantitative estimate of drug-likeness (QED) is 0.552. The van der Waals surface area contributed by atoms with E-state index in [9.17, 15) is 21.6 Å². The van der Waals surface area contributed by atoms with E-state index in [1.807, 2.05) is 4.90 Å². The summed E-state index contributed by atoms with van der Waals surface area (Å²) < 4.78 is 60.8. The lowest BCUT2D eigenvalue weighted by atomic mass is 10.1. The number of rotatable bonds is 7. The molecular formula is C26H34N4O6S2. The van der Waals surface area contributed by atoms with Crippen molar-refractivity contribution in [2.45, 2.75) is 41.9 Å². The van der Waals surface area contributed by atoms with Gasteiger partial charge in [0.15, 0.2) is 0 Å². The van der Waals surface area contributed by atoms with E-state index in [4.69, 9.17) is 4.74 Å². The van der Waals surface area contributed by atoms with Gasteiger partial charge in [0.2, 0.25) is 20.0 Å². The zero-order chi connectivity index (χ0) is 26.8. The van der Waals surface area contributed by atoms with Crippen molar-refractivity contribution >= 4 is 37.3 Å². The van der Waals surface area contributed by atoms with Crippen molar-refractivity contribution in [2.75, 3.05) is 62.7 Å². The fourth-order valence-corrected chi connectivity index (χ4v) is 8.24. The van der Waals surface area contributed by atoms with Crippen molar-refractivity contribution in [3.63, 3.8) is 0 Å². The molecule has 1 amide bonds. The highest BCUT2D eigenvalue weighted by molar-refractivity contribution is 7.89. The summed E-state index contributed by atoms with van der Waals surface area (Å²) in [6.45, 7) is 4.18. The molecule has 0 aromatic heterocycles. The molecule has 0 aliphatic carbocycles. The number of morpholine rings is 1. The molecule has 1 N–H and O–H groups in total. The van der Waals surface area contributed by atoms with Crippen molar-refractivity contribution < 1.29 is 26.4 Å². The summed E-state index contributed by atoms with van der Waals surface area (Å²) in [6.07, 6.45) is 4.36. The number of sulfonamides is 2. The number of benzene rings is 2. The molecule has 0 saturated carbocycles. The van der Waals surface area contributed by atoms with Crippen LogP contribution in [0.1, 0.15) is 42.5 Å². The maximum Gasteiger partial charge on any atom is 0.257 e. The Labute approximate surface area is 224 Å². The van der Waals surface area contributed by atoms with Gasteiger partial charge < -0.3 is 15.0 Å². The summed E-state index contributed by atoms with van der Waals surface area (Å²) in [7, 11) is -7.29. The van der Waals surface area contributed by atoms with Crippen LogP contribution in [0.15, 0.2) is 52.3 Å². The lowest BCUT2D eigenvalue weighted by molar-refractivity contribution is 0.102. The van der Waals surface area contributed by atoms with Crippen molar-refractivity contribution in [3.8, 4) is 0 Å². The van der Waals surface area contributed by atoms with Crippen LogP contribution < -0.4 is 10.2 Å². The second-order valence-corrected chi connectivity index (χ2v) is 13.7. The van der Waals surface area contributed by atoms with E-state index in [2.05, 4.69) is 5.32 Å². The molecule has 3 aliphatic rings. The maximum absolute atomic E-state index is 13.5. The largest absolute Gasteiger partial charge is 0.378 e. The van der Waals surface area contributed by atoms with Crippen LogP contribution in [0.5, 0.6) is 0 Å². The van der Waals surface area contributed by atoms with Gasteiger partial charge in [0, 0.05) is 50.6 Å². The highest BCUT2D eigenvalue weighted by Crippen LogP contribution is 2.29. The summed E-state index contributed by atoms with van der Waals surface area (Å²) in [5.41, 5.74) is 1.31. The van der Waals surface area contributed by atoms with Crippen LogP contribution in [0.3, 0.4) is 0 Å². The van der Waals surface area contributed by atoms with Crippen molar-refractivity contribution in [1.82, 2.24) is 8.61 Å². The van der Waals surface area contributed by atoms with E-state index in [1.165, 1.54) is 26.8 Å². The van der Waals surface area contributed by atoms with Gasteiger partial charge in [-0.2, -0.15) is 8.61 Å². The minimum absolute atomic E-state index is 0.0913. The molecular weight excluding hydrogens is 528 g/mol. The van der Waals surface area contributed by atoms with Gasteiger partial charge >= 0.3 is 0 Å². The van der Waals surface area contributed by atoms with Gasteiger partial charge in [-0.25, -0.2) is 16.8 Å². The number of nitrogens with zero attached hydrogens (tertiary/aromatic N) is 3. The Morgan fingerprint density at radius 3 is 1.82 bits per heavy atom. The number of ether oxygens (including phenoxy) is 1. The fourth-order valence-electron chi connectivity index (χ4n) is 5.18. The number of nitrogens with one attached hydrogen (secondary N) is 1. The van der Waals surface area contributed by atoms with E-state index in [0.29, 0.717) is 63.9 Å². The van der Waals surface area contributed by atoms with Crippen LogP contribution in [0.25, 0.3) is 0 Å². The molecule has 3 aliphatic heterocycles. The third-order valence-corrected chi connectivity index (χ3v) is 11.1. The zero-order valence-electron chi connectivity index (χ0n) is 21.3. The van der Waals surface area contributed by atoms with Gasteiger partial charge in [-0.15, -0.1) is 0 Å². The number of hydrogen-bond donors (Lipinski definition) is 1. The first kappa shape index (κ1) is 27.1. The highest BCUT2D eigenvalue weighted by Gasteiger charge is 2.29. The average Bonchev–Trinajstić information content (AvgIpc) is 3.50. The first-order chi connectivity index (χ1) is 18.3. The van der Waals surface area contributed by atoms with E-state index < -0.39 is 26.0 Å². The molecule has 5 rings (SSSR count). The predicted molar refractivity (Wildman–Crippen MR) is 144 cm³/mol. The topological polar surface area (TPSA) is 116 Å². The SMILES string of the molecule is O=C(Nc1ccc(S(=O)(=O)N2CCCC2)cc1)c1cc(S(=O)(=O)N2CCCCC2)ccc1N1CCOCC1. The normalized spacial score (nSPS) is 19.9. The van der Waals surface area contributed by atoms with Crippen molar-refractivity contribution in [3.05, 3.63) is 48.0 Å². The second kappa shape index (κ2) is 11.3. The summed E-state index contributed by atoms with van der Waals surface area (Å²) >= 11 is 0. The minimum Gasteiger partial charge on any atom is -0.378 e. The Hall–Kier alpha value is -2.51. The fraction of sp³-hybridized carbons (Fsp3) is 0.500. The van der Waals surface area contributed by atoms with E-state index in [-0.39, 0.29) is 15.4 Å². The lowest BCUT2D eigenvalue weighted by Crippen LogP contribution is -2.38. The Kier molecular flexibility index (Phi) is 8.06. The van der Waals surface area contributed by atoms with Crippen LogP contribution >= 0.6 is 0 Å². The molecule has 3 heterocycles. The minimum atomic E-state index is -3.73.